The van der Waals surface area contributed by atoms with Crippen LogP contribution in [0.1, 0.15) is 85.0 Å². The fourth-order valence-corrected chi connectivity index (χ4v) is 4.49. The number of ketones is 2. The van der Waals surface area contributed by atoms with Crippen LogP contribution in [0.15, 0.2) is 58.7 Å². The largest absolute Gasteiger partial charge is 0.513 e. The molecule has 0 aromatic heterocycles. The van der Waals surface area contributed by atoms with Crippen molar-refractivity contribution < 1.29 is 24.3 Å². The topological polar surface area (TPSA) is 113 Å². The summed E-state index contributed by atoms with van der Waals surface area (Å²) < 4.78 is 0. The lowest BCUT2D eigenvalue weighted by Gasteiger charge is -2.23. The van der Waals surface area contributed by atoms with E-state index in [9.17, 15) is 24.3 Å². The monoisotopic (exact) mass is 510 g/mol. The van der Waals surface area contributed by atoms with Gasteiger partial charge in [-0.05, 0) is 56.9 Å². The Labute approximate surface area is 220 Å². The number of carbonyl (C=O) groups excluding carboxylic acids is 4. The van der Waals surface area contributed by atoms with E-state index in [1.807, 2.05) is 12.2 Å². The van der Waals surface area contributed by atoms with Crippen LogP contribution in [0.25, 0.3) is 0 Å². The van der Waals surface area contributed by atoms with Crippen molar-refractivity contribution in [3.05, 3.63) is 58.7 Å². The van der Waals surface area contributed by atoms with Gasteiger partial charge in [0.25, 0.3) is 5.91 Å². The van der Waals surface area contributed by atoms with E-state index in [4.69, 9.17) is 0 Å². The summed E-state index contributed by atoms with van der Waals surface area (Å²) in [6.45, 7) is 6.33. The molecule has 2 unspecified atom stereocenters. The first-order chi connectivity index (χ1) is 17.7. The lowest BCUT2D eigenvalue weighted by Crippen LogP contribution is -2.36. The molecule has 0 spiro atoms. The molecule has 1 aliphatic carbocycles. The molecular formula is C30H42N2O5. The number of rotatable bonds is 7. The molecule has 3 N–H and O–H groups in total. The summed E-state index contributed by atoms with van der Waals surface area (Å²) in [4.78, 5) is 49.7. The molecule has 2 aliphatic rings. The number of aliphatic hydroxyl groups excluding tert-OH is 1. The van der Waals surface area contributed by atoms with Gasteiger partial charge in [-0.15, -0.1) is 0 Å². The van der Waals surface area contributed by atoms with Crippen LogP contribution in [0.4, 0.5) is 0 Å². The lowest BCUT2D eigenvalue weighted by molar-refractivity contribution is -0.120. The highest BCUT2D eigenvalue weighted by atomic mass is 16.3. The molecule has 202 valence electrons. The van der Waals surface area contributed by atoms with Crippen LogP contribution in [-0.2, 0) is 19.2 Å². The molecule has 0 saturated heterocycles. The summed E-state index contributed by atoms with van der Waals surface area (Å²) in [5.74, 6) is -0.310. The Bertz CT molecular complexity index is 999. The number of carbonyl (C=O) groups is 4. The highest BCUT2D eigenvalue weighted by Crippen LogP contribution is 2.27. The van der Waals surface area contributed by atoms with Crippen LogP contribution in [0.5, 0.6) is 0 Å². The highest BCUT2D eigenvalue weighted by molar-refractivity contribution is 6.23. The number of aliphatic hydroxyl groups is 1. The molecule has 1 amide bonds. The zero-order valence-electron chi connectivity index (χ0n) is 22.5. The second kappa shape index (κ2) is 15.8. The van der Waals surface area contributed by atoms with Crippen molar-refractivity contribution in [2.24, 2.45) is 11.8 Å². The van der Waals surface area contributed by atoms with Gasteiger partial charge in [0.15, 0.2) is 0 Å². The Balaban J connectivity index is 2.27. The van der Waals surface area contributed by atoms with Gasteiger partial charge in [0.05, 0.1) is 17.2 Å². The van der Waals surface area contributed by atoms with Gasteiger partial charge in [0.1, 0.15) is 6.29 Å². The molecule has 2 rings (SSSR count). The summed E-state index contributed by atoms with van der Waals surface area (Å²) in [5, 5.41) is 16.0. The average molecular weight is 511 g/mol. The third kappa shape index (κ3) is 10.3. The SMILES string of the molecule is C/C1=C\C=C/CC/C(O)=C/C(C)CCCC(C)CC2=C(NCCCCCC=O)C(=O)C=C(NC1=O)C2=O. The van der Waals surface area contributed by atoms with Gasteiger partial charge in [0, 0.05) is 36.6 Å². The van der Waals surface area contributed by atoms with Gasteiger partial charge in [-0.3, -0.25) is 14.4 Å². The van der Waals surface area contributed by atoms with E-state index in [1.54, 1.807) is 19.1 Å². The minimum absolute atomic E-state index is 0.00567. The molecule has 2 atom stereocenters. The van der Waals surface area contributed by atoms with Crippen LogP contribution >= 0.6 is 0 Å². The summed E-state index contributed by atoms with van der Waals surface area (Å²) in [5.41, 5.74) is 1.13. The maximum absolute atomic E-state index is 13.4. The molecule has 37 heavy (non-hydrogen) atoms. The van der Waals surface area contributed by atoms with Gasteiger partial charge < -0.3 is 20.5 Å². The van der Waals surface area contributed by atoms with Crippen LogP contribution < -0.4 is 10.6 Å². The van der Waals surface area contributed by atoms with E-state index < -0.39 is 5.91 Å². The Morgan fingerprint density at radius 2 is 1.92 bits per heavy atom. The van der Waals surface area contributed by atoms with E-state index in [-0.39, 0.29) is 29.1 Å². The quantitative estimate of drug-likeness (QED) is 0.243. The van der Waals surface area contributed by atoms with Crippen molar-refractivity contribution in [3.8, 4) is 0 Å². The molecule has 1 aliphatic heterocycles. The molecule has 0 saturated carbocycles. The first-order valence-corrected chi connectivity index (χ1v) is 13.5. The molecule has 2 bridgehead atoms. The molecule has 0 aromatic carbocycles. The van der Waals surface area contributed by atoms with Crippen molar-refractivity contribution in [1.29, 1.82) is 0 Å². The summed E-state index contributed by atoms with van der Waals surface area (Å²) in [7, 11) is 0. The van der Waals surface area contributed by atoms with Crippen LogP contribution in [0.3, 0.4) is 0 Å². The van der Waals surface area contributed by atoms with Crippen LogP contribution in [-0.4, -0.2) is 35.4 Å². The first kappa shape index (κ1) is 30.0. The second-order valence-electron chi connectivity index (χ2n) is 10.2. The normalized spacial score (nSPS) is 26.4. The number of aldehydes is 1. The molecule has 0 fully saturated rings. The van der Waals surface area contributed by atoms with Crippen LogP contribution in [0, 0.1) is 11.8 Å². The zero-order chi connectivity index (χ0) is 27.2. The predicted molar refractivity (Wildman–Crippen MR) is 145 cm³/mol. The van der Waals surface area contributed by atoms with E-state index >= 15 is 0 Å². The minimum atomic E-state index is -0.439. The Kier molecular flexibility index (Phi) is 12.8. The predicted octanol–water partition coefficient (Wildman–Crippen LogP) is 5.31. The number of amides is 1. The minimum Gasteiger partial charge on any atom is -0.513 e. The maximum Gasteiger partial charge on any atom is 0.251 e. The van der Waals surface area contributed by atoms with E-state index in [1.165, 1.54) is 6.08 Å². The number of hydrogen-bond donors (Lipinski definition) is 3. The van der Waals surface area contributed by atoms with Crippen molar-refractivity contribution in [1.82, 2.24) is 10.6 Å². The number of Topliss-reactive ketones (excluding diaryl/α,β-unsaturated/α-hetero) is 1. The molecule has 1 heterocycles. The van der Waals surface area contributed by atoms with Gasteiger partial charge in [-0.1, -0.05) is 51.3 Å². The number of fused-ring (bicyclic) bond motifs is 2. The second-order valence-corrected chi connectivity index (χ2v) is 10.2. The lowest BCUT2D eigenvalue weighted by atomic mass is 9.87. The summed E-state index contributed by atoms with van der Waals surface area (Å²) in [6, 6.07) is 0. The van der Waals surface area contributed by atoms with Crippen molar-refractivity contribution in [2.75, 3.05) is 6.54 Å². The molecular weight excluding hydrogens is 468 g/mol. The van der Waals surface area contributed by atoms with E-state index in [0.717, 1.165) is 44.8 Å². The first-order valence-electron chi connectivity index (χ1n) is 13.5. The Morgan fingerprint density at radius 3 is 2.68 bits per heavy atom. The number of unbranched alkanes of at least 4 members (excludes halogenated alkanes) is 3. The fraction of sp³-hybridized carbons (Fsp3) is 0.533. The van der Waals surface area contributed by atoms with Crippen molar-refractivity contribution >= 4 is 23.8 Å². The Morgan fingerprint density at radius 1 is 1.14 bits per heavy atom. The number of hydrogen-bond acceptors (Lipinski definition) is 6. The van der Waals surface area contributed by atoms with Gasteiger partial charge in [0.2, 0.25) is 11.6 Å². The molecule has 0 radical (unpaired) electrons. The molecule has 0 aromatic rings. The maximum atomic E-state index is 13.4. The third-order valence-corrected chi connectivity index (χ3v) is 6.68. The zero-order valence-corrected chi connectivity index (χ0v) is 22.5. The molecule has 7 nitrogen and oxygen atoms in total. The smallest absolute Gasteiger partial charge is 0.251 e. The van der Waals surface area contributed by atoms with Crippen LogP contribution in [0.2, 0.25) is 0 Å². The number of allylic oxidation sites excluding steroid dienone is 7. The van der Waals surface area contributed by atoms with Gasteiger partial charge in [-0.25, -0.2) is 0 Å². The standard InChI is InChI=1S/C30H42N2O5/c1-21-12-11-13-22(2)19-25-28(31-16-9-4-5-10-17-33)27(35)20-26(29(25)36)32-30(37)23(3)14-7-6-8-15-24(34)18-21/h6-7,14,17-18,20-22,31,34H,4-5,8-13,15-16,19H2,1-3H3,(H,32,37)/b7-6-,23-14+,24-18-. The third-order valence-electron chi connectivity index (χ3n) is 6.68. The number of nitrogens with one attached hydrogen (secondary N) is 2. The fourth-order valence-electron chi connectivity index (χ4n) is 4.49. The van der Waals surface area contributed by atoms with Gasteiger partial charge in [-0.2, -0.15) is 0 Å². The van der Waals surface area contributed by atoms with Gasteiger partial charge >= 0.3 is 0 Å². The molecule has 7 heteroatoms. The van der Waals surface area contributed by atoms with E-state index in [2.05, 4.69) is 24.5 Å². The van der Waals surface area contributed by atoms with Crippen molar-refractivity contribution in [2.45, 2.75) is 85.0 Å². The Hall–Kier alpha value is -3.22. The van der Waals surface area contributed by atoms with E-state index in [0.29, 0.717) is 54.8 Å². The highest BCUT2D eigenvalue weighted by Gasteiger charge is 2.30. The summed E-state index contributed by atoms with van der Waals surface area (Å²) >= 11 is 0. The average Bonchev–Trinajstić information content (AvgIpc) is 2.84. The summed E-state index contributed by atoms with van der Waals surface area (Å²) in [6.07, 6.45) is 16.6. The van der Waals surface area contributed by atoms with Crippen molar-refractivity contribution in [3.63, 3.8) is 0 Å².